The van der Waals surface area contributed by atoms with E-state index in [1.165, 1.54) is 39.6 Å². The van der Waals surface area contributed by atoms with Crippen molar-refractivity contribution < 1.29 is 66.8 Å². The van der Waals surface area contributed by atoms with Gasteiger partial charge in [0.05, 0.1) is 105 Å². The summed E-state index contributed by atoms with van der Waals surface area (Å²) in [5.41, 5.74) is 21.2. The Morgan fingerprint density at radius 3 is 1.03 bits per heavy atom. The van der Waals surface area contributed by atoms with E-state index >= 15 is 0 Å². The van der Waals surface area contributed by atoms with Gasteiger partial charge in [-0.3, -0.25) is 19.2 Å². The van der Waals surface area contributed by atoms with E-state index in [0.717, 1.165) is 152 Å². The second kappa shape index (κ2) is 44.4. The first-order chi connectivity index (χ1) is 65.6. The van der Waals surface area contributed by atoms with Crippen LogP contribution in [0.2, 0.25) is 5.02 Å². The number of carboxylic acids is 1. The highest BCUT2D eigenvalue weighted by Crippen LogP contribution is 2.56. The maximum Gasteiger partial charge on any atom is 0.494 e. The number of hydrogen-bond acceptors (Lipinski definition) is 21. The maximum absolute atomic E-state index is 12.5. The summed E-state index contributed by atoms with van der Waals surface area (Å²) in [4.78, 5) is 48.7. The van der Waals surface area contributed by atoms with Crippen LogP contribution in [-0.4, -0.2) is 133 Å². The van der Waals surface area contributed by atoms with Gasteiger partial charge >= 0.3 is 31.0 Å². The van der Waals surface area contributed by atoms with Crippen molar-refractivity contribution in [1.82, 2.24) is 40.8 Å². The van der Waals surface area contributed by atoms with Gasteiger partial charge in [0.15, 0.2) is 0 Å². The first-order valence-electron chi connectivity index (χ1n) is 46.8. The number of esters is 3. The maximum atomic E-state index is 12.5. The molecule has 5 aliphatic rings. The topological polar surface area (TPSA) is 275 Å². The minimum Gasteiger partial charge on any atom is -0.496 e. The Kier molecular flexibility index (Phi) is 32.8. The molecule has 12 aromatic rings. The van der Waals surface area contributed by atoms with Crippen molar-refractivity contribution >= 4 is 48.1 Å². The Morgan fingerprint density at radius 1 is 0.377 bits per heavy atom. The zero-order valence-electron chi connectivity index (χ0n) is 82.8. The quantitative estimate of drug-likeness (QED) is 0.0286. The predicted molar refractivity (Wildman–Crippen MR) is 538 cm³/mol. The van der Waals surface area contributed by atoms with Crippen molar-refractivity contribution in [3.05, 3.63) is 313 Å². The van der Waals surface area contributed by atoms with Crippen LogP contribution in [0.5, 0.6) is 23.0 Å². The second-order valence-electron chi connectivity index (χ2n) is 39.9. The zero-order chi connectivity index (χ0) is 99.1. The summed E-state index contributed by atoms with van der Waals surface area (Å²) < 4.78 is 51.2. The molecule has 8 aromatic carbocycles. The Bertz CT molecular complexity index is 6450. The van der Waals surface area contributed by atoms with Crippen molar-refractivity contribution in [3.63, 3.8) is 0 Å². The third kappa shape index (κ3) is 28.4. The molecule has 1 N–H and O–H groups in total. The lowest BCUT2D eigenvalue weighted by Crippen LogP contribution is -2.41. The first kappa shape index (κ1) is 102. The average molecular weight is 1880 g/mol. The van der Waals surface area contributed by atoms with Gasteiger partial charge in [-0.25, -0.2) is 0 Å². The molecule has 5 heterocycles. The van der Waals surface area contributed by atoms with Crippen molar-refractivity contribution in [1.29, 1.82) is 0 Å². The molecular weight excluding hydrogens is 1750 g/mol. The number of rotatable bonds is 22. The molecule has 22 nitrogen and oxygen atoms in total. The van der Waals surface area contributed by atoms with Gasteiger partial charge in [0.2, 0.25) is 0 Å². The van der Waals surface area contributed by atoms with E-state index in [2.05, 4.69) is 157 Å². The number of halogens is 1. The summed E-state index contributed by atoms with van der Waals surface area (Å²) in [7, 11) is 6.15. The summed E-state index contributed by atoms with van der Waals surface area (Å²) in [6, 6.07) is 65.0. The highest BCUT2D eigenvalue weighted by Gasteiger charge is 2.54. The highest BCUT2D eigenvalue weighted by molar-refractivity contribution is 6.62. The number of hydrogen-bond donors (Lipinski definition) is 1. The fraction of sp³-hybridized carbons (Fsp3) is 0.368. The molecule has 0 amide bonds. The first-order valence-corrected chi connectivity index (χ1v) is 47.2. The molecule has 4 saturated carbocycles. The largest absolute Gasteiger partial charge is 0.496 e. The lowest BCUT2D eigenvalue weighted by atomic mass is 9.78. The molecule has 8 atom stereocenters. The predicted octanol–water partition coefficient (Wildman–Crippen LogP) is 21.7. The van der Waals surface area contributed by atoms with Crippen LogP contribution in [0.3, 0.4) is 0 Å². The van der Waals surface area contributed by atoms with Gasteiger partial charge < -0.3 is 47.6 Å². The summed E-state index contributed by atoms with van der Waals surface area (Å²) >= 11 is 5.78. The summed E-state index contributed by atoms with van der Waals surface area (Å²) in [5.74, 6) is 13.7. The highest BCUT2D eigenvalue weighted by atomic mass is 35.5. The Balaban J connectivity index is 0.000000148. The average Bonchev–Trinajstić information content (AvgIpc) is 1.62. The number of carboxylic acid groups (broad SMARTS) is 1. The number of aliphatic carboxylic acids is 1. The van der Waals surface area contributed by atoms with Gasteiger partial charge in [-0.05, 0) is 327 Å². The van der Waals surface area contributed by atoms with Gasteiger partial charge in [0.1, 0.15) is 51.2 Å². The molecule has 24 heteroatoms. The third-order valence-electron chi connectivity index (χ3n) is 24.7. The fourth-order valence-corrected chi connectivity index (χ4v) is 16.2. The standard InChI is InChI=1S/C28H32N2O3.C28H28N2O3.C24H24N2O3.C21H31BO5.C13H9ClN2/c2*1-18-6-8-19(9-7-18)10-12-22-14-21(17-29-30-22)20-11-13-26(32-5)24(15-20)23-16-25(23)27(31)33-28(2,3)4;1-15-3-5-16(6-4-15)7-9-19-11-18(14-25-26-19)17-8-10-23(29-2)21(12-17)20-13-22(20)24(27)28;1-19(2,3)25-18(23)16-12-14(16)15-11-13(9-10-17(15)24-8)22-26-20(4,5)21(6,7)27-22;1-10-2-4-11(5-3-10)6-7-13-8-12(14)9-15-16-13/h6-9,11,13-15,17,23,25H,10,12,16H2,1-5H3;6-9,11,13-15,17,23,25H,16H2,1-5H3;3-6,8,10-12,14,20,22H,7,9,13H2,1-2H3,(H,27,28);9-11,14,16H,12H2,1-8H3;2-5,8-9H,1H3. The molecule has 4 aliphatic carbocycles. The van der Waals surface area contributed by atoms with Crippen molar-refractivity contribution in [2.45, 2.75) is 221 Å². The van der Waals surface area contributed by atoms with E-state index in [0.29, 0.717) is 22.8 Å². The molecule has 0 radical (unpaired) electrons. The zero-order valence-corrected chi connectivity index (χ0v) is 83.6. The number of aromatic nitrogens is 8. The number of benzene rings is 8. The minimum atomic E-state index is -0.744. The summed E-state index contributed by atoms with van der Waals surface area (Å²) in [6.45, 7) is 33.5. The normalized spacial score (nSPS) is 18.1. The van der Waals surface area contributed by atoms with Crippen LogP contribution in [0.15, 0.2) is 219 Å². The van der Waals surface area contributed by atoms with Crippen molar-refractivity contribution in [2.24, 2.45) is 23.7 Å². The van der Waals surface area contributed by atoms with Crippen LogP contribution in [0.1, 0.15) is 229 Å². The molecule has 8 unspecified atom stereocenters. The molecule has 138 heavy (non-hydrogen) atoms. The van der Waals surface area contributed by atoms with E-state index in [9.17, 15) is 24.3 Å². The van der Waals surface area contributed by atoms with Gasteiger partial charge in [-0.15, -0.1) is 10.2 Å². The molecule has 714 valence electrons. The smallest absolute Gasteiger partial charge is 0.494 e. The van der Waals surface area contributed by atoms with E-state index in [-0.39, 0.29) is 65.3 Å². The van der Waals surface area contributed by atoms with Crippen molar-refractivity contribution in [2.75, 3.05) is 28.4 Å². The van der Waals surface area contributed by atoms with Crippen LogP contribution >= 0.6 is 11.6 Å². The van der Waals surface area contributed by atoms with E-state index in [4.69, 9.17) is 54.1 Å². The molecule has 17 rings (SSSR count). The third-order valence-corrected chi connectivity index (χ3v) is 24.9. The van der Waals surface area contributed by atoms with Crippen LogP contribution in [0, 0.1) is 75.0 Å². The number of ether oxygens (including phenoxy) is 7. The van der Waals surface area contributed by atoms with E-state index in [1.54, 1.807) is 53.1 Å². The number of carbonyl (C=O) groups is 4. The number of carbonyl (C=O) groups excluding carboxylic acids is 3. The second-order valence-corrected chi connectivity index (χ2v) is 40.3. The van der Waals surface area contributed by atoms with Crippen LogP contribution in [0.25, 0.3) is 33.4 Å². The number of methoxy groups -OCH3 is 4. The minimum absolute atomic E-state index is 0.0122. The summed E-state index contributed by atoms with van der Waals surface area (Å²) in [5, 5.41) is 42.8. The van der Waals surface area contributed by atoms with Crippen LogP contribution in [0.4, 0.5) is 0 Å². The van der Waals surface area contributed by atoms with E-state index < -0.39 is 41.1 Å². The van der Waals surface area contributed by atoms with Crippen molar-refractivity contribution in [3.8, 4) is 80.1 Å². The van der Waals surface area contributed by atoms with Gasteiger partial charge in [-0.2, -0.15) is 30.6 Å². The molecule has 1 aliphatic heterocycles. The lowest BCUT2D eigenvalue weighted by Gasteiger charge is -2.32. The fourth-order valence-electron chi connectivity index (χ4n) is 16.1. The Morgan fingerprint density at radius 2 is 0.688 bits per heavy atom. The van der Waals surface area contributed by atoms with Gasteiger partial charge in [0, 0.05) is 51.5 Å². The lowest BCUT2D eigenvalue weighted by molar-refractivity contribution is -0.157. The molecule has 4 aromatic heterocycles. The number of nitrogens with zero attached hydrogens (tertiary/aromatic N) is 8. The molecular formula is C114H124BClN8O14. The SMILES string of the molecule is COc1ccc(-c2cnnc(C#Cc3ccc(C)cc3)c2)cc1C1CC1C(=O)OC(C)(C)C.COc1ccc(-c2cnnc(CCc3ccc(C)cc3)c2)cc1C1CC1C(=O)O.COc1ccc(-c2cnnc(CCc3ccc(C)cc3)c2)cc1C1CC1C(=O)OC(C)(C)C.COc1ccc(B2OC(C)(C)C(C)(C)O2)cc1C1CC1C(=O)OC(C)(C)C.Cc1ccc(C#Cc2cc(Cl)cnn2)cc1. The van der Waals surface area contributed by atoms with E-state index in [1.807, 2.05) is 213 Å². The molecule has 1 saturated heterocycles. The van der Waals surface area contributed by atoms with Gasteiger partial charge in [-0.1, -0.05) is 149 Å². The monoisotopic (exact) mass is 1870 g/mol. The Hall–Kier alpha value is -13.4. The Labute approximate surface area is 817 Å². The molecule has 0 bridgehead atoms. The van der Waals surface area contributed by atoms with Crippen LogP contribution < -0.4 is 24.4 Å². The van der Waals surface area contributed by atoms with Crippen LogP contribution in [-0.2, 0) is 68.4 Å². The number of aryl methyl sites for hydroxylation is 8. The summed E-state index contributed by atoms with van der Waals surface area (Å²) in [6.07, 6.45) is 13.2. The van der Waals surface area contributed by atoms with Gasteiger partial charge in [0.25, 0.3) is 0 Å². The molecule has 5 fully saturated rings. The molecule has 0 spiro atoms.